The molecule has 29 heavy (non-hydrogen) atoms. The third kappa shape index (κ3) is 21.9. The summed E-state index contributed by atoms with van der Waals surface area (Å²) < 4.78 is 1.09. The van der Waals surface area contributed by atoms with Crippen LogP contribution in [-0.2, 0) is 4.79 Å². The van der Waals surface area contributed by atoms with E-state index in [-0.39, 0.29) is 5.91 Å². The summed E-state index contributed by atoms with van der Waals surface area (Å²) in [6.07, 6.45) is 23.5. The predicted octanol–water partition coefficient (Wildman–Crippen LogP) is 7.24. The molecule has 0 aliphatic rings. The maximum atomic E-state index is 11.8. The molecule has 1 amide bonds. The highest BCUT2D eigenvalue weighted by molar-refractivity contribution is 5.75. The Morgan fingerprint density at radius 1 is 0.586 bits per heavy atom. The highest BCUT2D eigenvalue weighted by Gasteiger charge is 2.14. The number of quaternary nitrogens is 1. The topological polar surface area (TPSA) is 29.1 Å². The van der Waals surface area contributed by atoms with E-state index in [1.54, 1.807) is 0 Å². The normalized spacial score (nSPS) is 11.7. The van der Waals surface area contributed by atoms with Gasteiger partial charge in [-0.25, -0.2) is 0 Å². The molecule has 0 aromatic heterocycles. The molecule has 0 radical (unpaired) electrons. The van der Waals surface area contributed by atoms with Gasteiger partial charge in [-0.05, 0) is 19.3 Å². The van der Waals surface area contributed by atoms with Gasteiger partial charge in [-0.3, -0.25) is 4.79 Å². The molecule has 3 nitrogen and oxygen atoms in total. The predicted molar refractivity (Wildman–Crippen MR) is 129 cm³/mol. The van der Waals surface area contributed by atoms with Crippen molar-refractivity contribution in [3.8, 4) is 0 Å². The summed E-state index contributed by atoms with van der Waals surface area (Å²) >= 11 is 0. The molecule has 0 aliphatic carbocycles. The Hall–Kier alpha value is -0.570. The third-order valence-corrected chi connectivity index (χ3v) is 6.14. The number of unbranched alkanes of at least 4 members (excludes halogenated alkanes) is 14. The summed E-state index contributed by atoms with van der Waals surface area (Å²) in [7, 11) is 4.68. The molecule has 3 heteroatoms. The van der Waals surface area contributed by atoms with Gasteiger partial charge in [0, 0.05) is 19.4 Å². The average molecular weight is 412 g/mol. The van der Waals surface area contributed by atoms with Gasteiger partial charge in [0.1, 0.15) is 0 Å². The quantitative estimate of drug-likeness (QED) is 0.148. The molecule has 0 fully saturated rings. The molecule has 174 valence electrons. The second-order valence-electron chi connectivity index (χ2n) is 9.79. The molecule has 0 rings (SSSR count). The van der Waals surface area contributed by atoms with Crippen LogP contribution in [0.3, 0.4) is 0 Å². The fourth-order valence-corrected chi connectivity index (χ4v) is 4.03. The highest BCUT2D eigenvalue weighted by atomic mass is 16.1. The van der Waals surface area contributed by atoms with E-state index in [2.05, 4.69) is 33.3 Å². The zero-order valence-electron chi connectivity index (χ0n) is 20.7. The van der Waals surface area contributed by atoms with Crippen LogP contribution >= 0.6 is 0 Å². The number of hydrogen-bond donors (Lipinski definition) is 1. The third-order valence-electron chi connectivity index (χ3n) is 6.14. The van der Waals surface area contributed by atoms with Gasteiger partial charge in [0.25, 0.3) is 0 Å². The van der Waals surface area contributed by atoms with Crippen molar-refractivity contribution in [2.75, 3.05) is 33.7 Å². The molecule has 0 atom stereocenters. The van der Waals surface area contributed by atoms with Crippen molar-refractivity contribution in [1.82, 2.24) is 5.32 Å². The van der Waals surface area contributed by atoms with Gasteiger partial charge < -0.3 is 9.80 Å². The van der Waals surface area contributed by atoms with E-state index in [1.807, 2.05) is 0 Å². The Morgan fingerprint density at radius 2 is 1.00 bits per heavy atom. The van der Waals surface area contributed by atoms with Gasteiger partial charge >= 0.3 is 0 Å². The summed E-state index contributed by atoms with van der Waals surface area (Å²) in [5, 5.41) is 3.10. The molecule has 0 bridgehead atoms. The molecule has 0 heterocycles. The van der Waals surface area contributed by atoms with Crippen LogP contribution in [0.2, 0.25) is 0 Å². The van der Waals surface area contributed by atoms with Gasteiger partial charge in [0.05, 0.1) is 27.2 Å². The smallest absolute Gasteiger partial charge is 0.219 e. The molecule has 0 saturated heterocycles. The Balaban J connectivity index is 3.42. The standard InChI is InChI=1S/C26H54N2O/c1-5-7-9-11-12-13-14-15-16-17-18-20-24-28(3,4)25-21-23-27-26(29)22-19-10-8-6-2/h5-25H2,1-4H3/p+1. The maximum absolute atomic E-state index is 11.8. The van der Waals surface area contributed by atoms with Crippen LogP contribution in [0.15, 0.2) is 0 Å². The van der Waals surface area contributed by atoms with Gasteiger partial charge in [-0.1, -0.05) is 97.3 Å². The van der Waals surface area contributed by atoms with Crippen molar-refractivity contribution in [3.63, 3.8) is 0 Å². The second kappa shape index (κ2) is 20.7. The van der Waals surface area contributed by atoms with E-state index >= 15 is 0 Å². The fraction of sp³-hybridized carbons (Fsp3) is 0.962. The van der Waals surface area contributed by atoms with E-state index in [0.717, 1.165) is 30.4 Å². The van der Waals surface area contributed by atoms with E-state index < -0.39 is 0 Å². The highest BCUT2D eigenvalue weighted by Crippen LogP contribution is 2.13. The van der Waals surface area contributed by atoms with E-state index in [9.17, 15) is 4.79 Å². The number of hydrogen-bond acceptors (Lipinski definition) is 1. The molecular weight excluding hydrogens is 356 g/mol. The number of carbonyl (C=O) groups is 1. The zero-order valence-corrected chi connectivity index (χ0v) is 20.7. The first-order chi connectivity index (χ1) is 14.0. The zero-order chi connectivity index (χ0) is 21.6. The molecule has 1 N–H and O–H groups in total. The largest absolute Gasteiger partial charge is 0.356 e. The van der Waals surface area contributed by atoms with Crippen LogP contribution in [-0.4, -0.2) is 44.1 Å². The molecular formula is C26H55N2O+. The Labute approximate surface area is 184 Å². The fourth-order valence-electron chi connectivity index (χ4n) is 4.03. The lowest BCUT2D eigenvalue weighted by Crippen LogP contribution is -2.42. The Bertz CT molecular complexity index is 355. The van der Waals surface area contributed by atoms with Crippen molar-refractivity contribution in [3.05, 3.63) is 0 Å². The number of nitrogens with zero attached hydrogens (tertiary/aromatic N) is 1. The van der Waals surface area contributed by atoms with Crippen LogP contribution in [0.4, 0.5) is 0 Å². The Kier molecular flexibility index (Phi) is 20.3. The van der Waals surface area contributed by atoms with Gasteiger partial charge in [-0.15, -0.1) is 0 Å². The van der Waals surface area contributed by atoms with Crippen LogP contribution in [0.25, 0.3) is 0 Å². The van der Waals surface area contributed by atoms with E-state index in [0.29, 0.717) is 6.42 Å². The minimum absolute atomic E-state index is 0.243. The lowest BCUT2D eigenvalue weighted by molar-refractivity contribution is -0.890. The molecule has 0 aromatic carbocycles. The number of carbonyl (C=O) groups excluding carboxylic acids is 1. The number of rotatable bonds is 22. The van der Waals surface area contributed by atoms with E-state index in [4.69, 9.17) is 0 Å². The SMILES string of the molecule is CCCCCCCCCCCCCC[N+](C)(C)CCCNC(=O)CCCCCC. The van der Waals surface area contributed by atoms with Gasteiger partial charge in [-0.2, -0.15) is 0 Å². The van der Waals surface area contributed by atoms with Crippen LogP contribution in [0.5, 0.6) is 0 Å². The molecule has 0 spiro atoms. The van der Waals surface area contributed by atoms with Crippen molar-refractivity contribution in [2.24, 2.45) is 0 Å². The monoisotopic (exact) mass is 411 g/mol. The van der Waals surface area contributed by atoms with E-state index in [1.165, 1.54) is 103 Å². The number of nitrogens with one attached hydrogen (secondary N) is 1. The number of amides is 1. The summed E-state index contributed by atoms with van der Waals surface area (Å²) in [6, 6.07) is 0. The van der Waals surface area contributed by atoms with Gasteiger partial charge in [0.15, 0.2) is 0 Å². The minimum Gasteiger partial charge on any atom is -0.356 e. The summed E-state index contributed by atoms with van der Waals surface area (Å²) in [5.41, 5.74) is 0. The minimum atomic E-state index is 0.243. The lowest BCUT2D eigenvalue weighted by Gasteiger charge is -2.30. The summed E-state index contributed by atoms with van der Waals surface area (Å²) in [5.74, 6) is 0.243. The summed E-state index contributed by atoms with van der Waals surface area (Å²) in [6.45, 7) is 7.76. The second-order valence-corrected chi connectivity index (χ2v) is 9.79. The van der Waals surface area contributed by atoms with Crippen molar-refractivity contribution in [1.29, 1.82) is 0 Å². The summed E-state index contributed by atoms with van der Waals surface area (Å²) in [4.78, 5) is 11.8. The molecule has 0 unspecified atom stereocenters. The molecule has 0 aromatic rings. The van der Waals surface area contributed by atoms with Crippen LogP contribution in [0, 0.1) is 0 Å². The average Bonchev–Trinajstić information content (AvgIpc) is 2.69. The van der Waals surface area contributed by atoms with Crippen LogP contribution in [0.1, 0.15) is 129 Å². The van der Waals surface area contributed by atoms with Crippen molar-refractivity contribution >= 4 is 5.91 Å². The first-order valence-electron chi connectivity index (χ1n) is 13.1. The first-order valence-corrected chi connectivity index (χ1v) is 13.1. The molecule has 0 saturated carbocycles. The molecule has 0 aliphatic heterocycles. The maximum Gasteiger partial charge on any atom is 0.219 e. The lowest BCUT2D eigenvalue weighted by atomic mass is 10.1. The van der Waals surface area contributed by atoms with Crippen LogP contribution < -0.4 is 5.32 Å². The first kappa shape index (κ1) is 28.4. The van der Waals surface area contributed by atoms with Crippen molar-refractivity contribution in [2.45, 2.75) is 129 Å². The Morgan fingerprint density at radius 3 is 1.52 bits per heavy atom. The van der Waals surface area contributed by atoms with Gasteiger partial charge in [0.2, 0.25) is 5.91 Å². The van der Waals surface area contributed by atoms with Crippen molar-refractivity contribution < 1.29 is 9.28 Å².